The average molecular weight is 378 g/mol. The molecule has 1 unspecified atom stereocenters. The highest BCUT2D eigenvalue weighted by atomic mass is 79.9. The third kappa shape index (κ3) is 2.65. The second-order valence-corrected chi connectivity index (χ2v) is 6.91. The molecule has 4 rings (SSSR count). The fourth-order valence-electron chi connectivity index (χ4n) is 3.49. The third-order valence-corrected chi connectivity index (χ3v) is 5.03. The predicted octanol–water partition coefficient (Wildman–Crippen LogP) is 5.32. The van der Waals surface area contributed by atoms with Gasteiger partial charge in [-0.2, -0.15) is 0 Å². The predicted molar refractivity (Wildman–Crippen MR) is 100 cm³/mol. The lowest BCUT2D eigenvalue weighted by molar-refractivity contribution is -0.117. The van der Waals surface area contributed by atoms with E-state index in [-0.39, 0.29) is 17.7 Å². The van der Waals surface area contributed by atoms with Gasteiger partial charge in [0.25, 0.3) is 0 Å². The molecule has 0 saturated heterocycles. The Balaban J connectivity index is 1.89. The van der Waals surface area contributed by atoms with E-state index in [0.29, 0.717) is 0 Å². The van der Waals surface area contributed by atoms with Crippen molar-refractivity contribution < 1.29 is 4.79 Å². The fourth-order valence-corrected chi connectivity index (χ4v) is 3.86. The number of hydrogen-bond donors (Lipinski definition) is 1. The summed E-state index contributed by atoms with van der Waals surface area (Å²) in [6.07, 6.45) is 0. The molecule has 1 aliphatic rings. The molecule has 0 fully saturated rings. The zero-order chi connectivity index (χ0) is 16.5. The lowest BCUT2D eigenvalue weighted by Gasteiger charge is -2.24. The number of amides is 1. The number of carbonyl (C=O) groups excluding carboxylic acids is 1. The zero-order valence-electron chi connectivity index (χ0n) is 12.9. The minimum Gasteiger partial charge on any atom is -0.325 e. The van der Waals surface area contributed by atoms with Crippen LogP contribution in [-0.2, 0) is 4.79 Å². The molecule has 1 aliphatic heterocycles. The van der Waals surface area contributed by atoms with Gasteiger partial charge in [-0.25, -0.2) is 0 Å². The van der Waals surface area contributed by atoms with Crippen molar-refractivity contribution in [3.63, 3.8) is 0 Å². The standard InChI is InChI=1S/C21H16BrNO/c22-16-11-12-18-17(13-16)20(21(24)23-18)19(14-7-3-1-4-8-14)15-9-5-2-6-10-15/h1-13,19-20H,(H,23,24). The summed E-state index contributed by atoms with van der Waals surface area (Å²) < 4.78 is 0.989. The topological polar surface area (TPSA) is 29.1 Å². The van der Waals surface area contributed by atoms with E-state index >= 15 is 0 Å². The second kappa shape index (κ2) is 6.25. The first-order chi connectivity index (χ1) is 11.7. The number of anilines is 1. The molecule has 3 aromatic carbocycles. The smallest absolute Gasteiger partial charge is 0.232 e. The van der Waals surface area contributed by atoms with Crippen molar-refractivity contribution in [1.29, 1.82) is 0 Å². The Labute approximate surface area is 149 Å². The Kier molecular flexibility index (Phi) is 3.95. The second-order valence-electron chi connectivity index (χ2n) is 6.00. The summed E-state index contributed by atoms with van der Waals surface area (Å²) in [7, 11) is 0. The first-order valence-electron chi connectivity index (χ1n) is 7.94. The molecular formula is C21H16BrNO. The molecule has 0 radical (unpaired) electrons. The van der Waals surface area contributed by atoms with Gasteiger partial charge >= 0.3 is 0 Å². The van der Waals surface area contributed by atoms with E-state index < -0.39 is 0 Å². The van der Waals surface area contributed by atoms with Crippen LogP contribution < -0.4 is 5.32 Å². The van der Waals surface area contributed by atoms with Crippen LogP contribution >= 0.6 is 15.9 Å². The summed E-state index contributed by atoms with van der Waals surface area (Å²) in [6, 6.07) is 26.5. The highest BCUT2D eigenvalue weighted by Gasteiger charge is 2.38. The van der Waals surface area contributed by atoms with Gasteiger partial charge in [0.05, 0.1) is 5.92 Å². The van der Waals surface area contributed by atoms with E-state index in [4.69, 9.17) is 0 Å². The lowest BCUT2D eigenvalue weighted by Crippen LogP contribution is -2.20. The van der Waals surface area contributed by atoms with Gasteiger partial charge in [0.15, 0.2) is 0 Å². The molecule has 1 heterocycles. The normalized spacial score (nSPS) is 16.1. The van der Waals surface area contributed by atoms with Crippen LogP contribution in [0.5, 0.6) is 0 Å². The molecule has 0 aliphatic carbocycles. The molecule has 0 bridgehead atoms. The van der Waals surface area contributed by atoms with Crippen LogP contribution in [0, 0.1) is 0 Å². The van der Waals surface area contributed by atoms with Gasteiger partial charge in [-0.3, -0.25) is 4.79 Å². The van der Waals surface area contributed by atoms with E-state index in [9.17, 15) is 4.79 Å². The largest absolute Gasteiger partial charge is 0.325 e. The Hall–Kier alpha value is -2.39. The minimum atomic E-state index is -0.234. The summed E-state index contributed by atoms with van der Waals surface area (Å²) >= 11 is 3.53. The molecular weight excluding hydrogens is 362 g/mol. The van der Waals surface area contributed by atoms with Gasteiger partial charge in [-0.1, -0.05) is 76.6 Å². The maximum Gasteiger partial charge on any atom is 0.232 e. The molecule has 1 N–H and O–H groups in total. The van der Waals surface area contributed by atoms with E-state index in [0.717, 1.165) is 26.9 Å². The van der Waals surface area contributed by atoms with Gasteiger partial charge in [-0.05, 0) is 34.9 Å². The summed E-state index contributed by atoms with van der Waals surface area (Å²) in [4.78, 5) is 12.8. The van der Waals surface area contributed by atoms with Gasteiger partial charge < -0.3 is 5.32 Å². The van der Waals surface area contributed by atoms with Gasteiger partial charge in [0.2, 0.25) is 5.91 Å². The summed E-state index contributed by atoms with van der Waals surface area (Å²) in [5.74, 6) is -0.189. The van der Waals surface area contributed by atoms with Crippen molar-refractivity contribution >= 4 is 27.5 Å². The van der Waals surface area contributed by atoms with Gasteiger partial charge in [-0.15, -0.1) is 0 Å². The van der Waals surface area contributed by atoms with E-state index in [1.54, 1.807) is 0 Å². The molecule has 0 saturated carbocycles. The molecule has 3 heteroatoms. The van der Waals surface area contributed by atoms with Crippen molar-refractivity contribution in [2.45, 2.75) is 11.8 Å². The highest BCUT2D eigenvalue weighted by Crippen LogP contribution is 2.45. The maximum absolute atomic E-state index is 12.8. The first kappa shape index (κ1) is 15.2. The highest BCUT2D eigenvalue weighted by molar-refractivity contribution is 9.10. The first-order valence-corrected chi connectivity index (χ1v) is 8.73. The average Bonchev–Trinajstić information content (AvgIpc) is 2.93. The van der Waals surface area contributed by atoms with Crippen LogP contribution in [0.15, 0.2) is 83.3 Å². The quantitative estimate of drug-likeness (QED) is 0.657. The van der Waals surface area contributed by atoms with E-state index in [1.807, 2.05) is 48.5 Å². The number of nitrogens with one attached hydrogen (secondary N) is 1. The molecule has 0 spiro atoms. The Morgan fingerprint density at radius 3 is 2.00 bits per heavy atom. The third-order valence-electron chi connectivity index (χ3n) is 4.54. The SMILES string of the molecule is O=C1Nc2ccc(Br)cc2C1C(c1ccccc1)c1ccccc1. The van der Waals surface area contributed by atoms with Gasteiger partial charge in [0, 0.05) is 16.1 Å². The van der Waals surface area contributed by atoms with Crippen molar-refractivity contribution in [3.05, 3.63) is 100 Å². The summed E-state index contributed by atoms with van der Waals surface area (Å²) in [6.45, 7) is 0. The minimum absolute atomic E-state index is 0.0112. The van der Waals surface area contributed by atoms with Crippen molar-refractivity contribution in [1.82, 2.24) is 0 Å². The van der Waals surface area contributed by atoms with Crippen LogP contribution in [0.4, 0.5) is 5.69 Å². The number of fused-ring (bicyclic) bond motifs is 1. The summed E-state index contributed by atoms with van der Waals surface area (Å²) in [5, 5.41) is 3.03. The van der Waals surface area contributed by atoms with Crippen molar-refractivity contribution in [2.24, 2.45) is 0 Å². The molecule has 24 heavy (non-hydrogen) atoms. The zero-order valence-corrected chi connectivity index (χ0v) is 14.5. The Morgan fingerprint density at radius 1 is 0.833 bits per heavy atom. The number of carbonyl (C=O) groups is 1. The fraction of sp³-hybridized carbons (Fsp3) is 0.0952. The Morgan fingerprint density at radius 2 is 1.42 bits per heavy atom. The van der Waals surface area contributed by atoms with E-state index in [1.165, 1.54) is 0 Å². The molecule has 0 aromatic heterocycles. The van der Waals surface area contributed by atoms with E-state index in [2.05, 4.69) is 51.6 Å². The van der Waals surface area contributed by atoms with Crippen molar-refractivity contribution in [3.8, 4) is 0 Å². The molecule has 118 valence electrons. The van der Waals surface area contributed by atoms with Crippen LogP contribution in [0.1, 0.15) is 28.5 Å². The van der Waals surface area contributed by atoms with Crippen LogP contribution in [0.3, 0.4) is 0 Å². The molecule has 1 atom stereocenters. The van der Waals surface area contributed by atoms with Crippen LogP contribution in [0.25, 0.3) is 0 Å². The monoisotopic (exact) mass is 377 g/mol. The Bertz CT molecular complexity index is 837. The molecule has 1 amide bonds. The van der Waals surface area contributed by atoms with Crippen LogP contribution in [0.2, 0.25) is 0 Å². The number of benzene rings is 3. The molecule has 3 aromatic rings. The lowest BCUT2D eigenvalue weighted by atomic mass is 9.78. The number of halogens is 1. The molecule has 2 nitrogen and oxygen atoms in total. The van der Waals surface area contributed by atoms with Crippen molar-refractivity contribution in [2.75, 3.05) is 5.32 Å². The number of rotatable bonds is 3. The van der Waals surface area contributed by atoms with Gasteiger partial charge in [0.1, 0.15) is 0 Å². The number of hydrogen-bond acceptors (Lipinski definition) is 1. The van der Waals surface area contributed by atoms with Crippen LogP contribution in [-0.4, -0.2) is 5.91 Å². The maximum atomic E-state index is 12.8. The summed E-state index contributed by atoms with van der Waals surface area (Å²) in [5.41, 5.74) is 4.26.